The van der Waals surface area contributed by atoms with Crippen LogP contribution in [0.2, 0.25) is 5.02 Å². The van der Waals surface area contributed by atoms with Gasteiger partial charge in [0.15, 0.2) is 0 Å². The maximum atomic E-state index is 6.02. The minimum absolute atomic E-state index is 0.819. The van der Waals surface area contributed by atoms with E-state index in [1.54, 1.807) is 0 Å². The molecular formula is C13H16ClN. The van der Waals surface area contributed by atoms with Gasteiger partial charge in [-0.1, -0.05) is 31.9 Å². The molecule has 2 aromatic rings. The summed E-state index contributed by atoms with van der Waals surface area (Å²) >= 11 is 6.02. The zero-order valence-electron chi connectivity index (χ0n) is 9.23. The highest BCUT2D eigenvalue weighted by Gasteiger charge is 2.08. The van der Waals surface area contributed by atoms with Crippen LogP contribution in [0, 0.1) is 0 Å². The molecule has 0 aliphatic heterocycles. The Labute approximate surface area is 95.5 Å². The largest absolute Gasteiger partial charge is 0.358 e. The average Bonchev–Trinajstić information content (AvgIpc) is 2.55. The number of nitrogens with one attached hydrogen (secondary N) is 1. The molecular weight excluding hydrogens is 206 g/mol. The van der Waals surface area contributed by atoms with Gasteiger partial charge in [-0.25, -0.2) is 0 Å². The van der Waals surface area contributed by atoms with Gasteiger partial charge in [-0.05, 0) is 36.6 Å². The number of hydrogen-bond donors (Lipinski definition) is 1. The van der Waals surface area contributed by atoms with E-state index in [9.17, 15) is 0 Å². The molecule has 0 saturated heterocycles. The molecule has 1 aromatic heterocycles. The van der Waals surface area contributed by atoms with Gasteiger partial charge in [0, 0.05) is 21.6 Å². The number of aromatic amines is 1. The predicted molar refractivity (Wildman–Crippen MR) is 66.7 cm³/mol. The van der Waals surface area contributed by atoms with Crippen LogP contribution < -0.4 is 0 Å². The molecule has 1 heterocycles. The SMILES string of the molecule is CCCc1[nH]c2ccc(Cl)cc2c1CC. The highest BCUT2D eigenvalue weighted by atomic mass is 35.5. The van der Waals surface area contributed by atoms with Gasteiger partial charge in [0.25, 0.3) is 0 Å². The second-order valence-electron chi connectivity index (χ2n) is 3.88. The number of hydrogen-bond acceptors (Lipinski definition) is 0. The lowest BCUT2D eigenvalue weighted by molar-refractivity contribution is 0.877. The third kappa shape index (κ3) is 1.89. The predicted octanol–water partition coefficient (Wildman–Crippen LogP) is 4.34. The van der Waals surface area contributed by atoms with Gasteiger partial charge in [0.1, 0.15) is 0 Å². The zero-order chi connectivity index (χ0) is 10.8. The standard InChI is InChI=1S/C13H16ClN/c1-3-5-12-10(4-2)11-8-9(14)6-7-13(11)15-12/h6-8,15H,3-5H2,1-2H3. The summed E-state index contributed by atoms with van der Waals surface area (Å²) in [5.74, 6) is 0. The quantitative estimate of drug-likeness (QED) is 0.794. The number of fused-ring (bicyclic) bond motifs is 1. The van der Waals surface area contributed by atoms with Crippen molar-refractivity contribution in [2.24, 2.45) is 0 Å². The number of aromatic nitrogens is 1. The molecule has 2 heteroatoms. The van der Waals surface area contributed by atoms with Gasteiger partial charge < -0.3 is 4.98 Å². The van der Waals surface area contributed by atoms with Crippen molar-refractivity contribution in [3.63, 3.8) is 0 Å². The fraction of sp³-hybridized carbons (Fsp3) is 0.385. The molecule has 0 atom stereocenters. The van der Waals surface area contributed by atoms with Crippen molar-refractivity contribution in [3.8, 4) is 0 Å². The zero-order valence-corrected chi connectivity index (χ0v) is 9.99. The Kier molecular flexibility index (Phi) is 3.01. The number of aryl methyl sites for hydroxylation is 2. The normalized spacial score (nSPS) is 11.1. The van der Waals surface area contributed by atoms with E-state index < -0.39 is 0 Å². The molecule has 0 bridgehead atoms. The Hall–Kier alpha value is -0.950. The van der Waals surface area contributed by atoms with Gasteiger partial charge in [0.05, 0.1) is 0 Å². The number of halogens is 1. The molecule has 0 aliphatic rings. The first kappa shape index (κ1) is 10.6. The third-order valence-electron chi connectivity index (χ3n) is 2.81. The van der Waals surface area contributed by atoms with Gasteiger partial charge in [0.2, 0.25) is 0 Å². The summed E-state index contributed by atoms with van der Waals surface area (Å²) in [6.45, 7) is 4.40. The van der Waals surface area contributed by atoms with E-state index in [-0.39, 0.29) is 0 Å². The van der Waals surface area contributed by atoms with Gasteiger partial charge in [-0.2, -0.15) is 0 Å². The molecule has 0 aliphatic carbocycles. The van der Waals surface area contributed by atoms with E-state index in [2.05, 4.69) is 31.0 Å². The van der Waals surface area contributed by atoms with Crippen molar-refractivity contribution in [3.05, 3.63) is 34.5 Å². The van der Waals surface area contributed by atoms with Crippen LogP contribution in [0.5, 0.6) is 0 Å². The highest BCUT2D eigenvalue weighted by molar-refractivity contribution is 6.31. The molecule has 0 saturated carbocycles. The molecule has 0 unspecified atom stereocenters. The molecule has 0 fully saturated rings. The summed E-state index contributed by atoms with van der Waals surface area (Å²) in [7, 11) is 0. The van der Waals surface area contributed by atoms with Crippen molar-refractivity contribution < 1.29 is 0 Å². The molecule has 0 amide bonds. The monoisotopic (exact) mass is 221 g/mol. The van der Waals surface area contributed by atoms with Crippen LogP contribution >= 0.6 is 11.6 Å². The Morgan fingerprint density at radius 3 is 2.73 bits per heavy atom. The van der Waals surface area contributed by atoms with E-state index in [1.165, 1.54) is 28.6 Å². The summed E-state index contributed by atoms with van der Waals surface area (Å²) in [5.41, 5.74) is 4.01. The van der Waals surface area contributed by atoms with Crippen LogP contribution in [0.4, 0.5) is 0 Å². The fourth-order valence-electron chi connectivity index (χ4n) is 2.14. The molecule has 1 nitrogen and oxygen atoms in total. The lowest BCUT2D eigenvalue weighted by Gasteiger charge is -1.99. The maximum Gasteiger partial charge on any atom is 0.0460 e. The summed E-state index contributed by atoms with van der Waals surface area (Å²) in [6.07, 6.45) is 3.36. The number of rotatable bonds is 3. The van der Waals surface area contributed by atoms with Crippen molar-refractivity contribution in [2.75, 3.05) is 0 Å². The maximum absolute atomic E-state index is 6.02. The lowest BCUT2D eigenvalue weighted by atomic mass is 10.1. The second-order valence-corrected chi connectivity index (χ2v) is 4.31. The highest BCUT2D eigenvalue weighted by Crippen LogP contribution is 2.26. The van der Waals surface area contributed by atoms with E-state index >= 15 is 0 Å². The topological polar surface area (TPSA) is 15.8 Å². The summed E-state index contributed by atoms with van der Waals surface area (Å²) in [6, 6.07) is 6.07. The minimum Gasteiger partial charge on any atom is -0.358 e. The van der Waals surface area contributed by atoms with E-state index in [1.807, 2.05) is 6.07 Å². The Morgan fingerprint density at radius 2 is 2.07 bits per heavy atom. The van der Waals surface area contributed by atoms with Crippen molar-refractivity contribution in [1.29, 1.82) is 0 Å². The van der Waals surface area contributed by atoms with E-state index in [0.29, 0.717) is 0 Å². The lowest BCUT2D eigenvalue weighted by Crippen LogP contribution is -1.88. The fourth-order valence-corrected chi connectivity index (χ4v) is 2.32. The molecule has 2 rings (SSSR count). The van der Waals surface area contributed by atoms with Crippen molar-refractivity contribution in [2.45, 2.75) is 33.1 Å². The molecule has 80 valence electrons. The molecule has 15 heavy (non-hydrogen) atoms. The molecule has 0 radical (unpaired) electrons. The van der Waals surface area contributed by atoms with Crippen LogP contribution in [-0.2, 0) is 12.8 Å². The molecule has 1 aromatic carbocycles. The van der Waals surface area contributed by atoms with Crippen LogP contribution in [0.15, 0.2) is 18.2 Å². The summed E-state index contributed by atoms with van der Waals surface area (Å²) in [4.78, 5) is 3.48. The minimum atomic E-state index is 0.819. The van der Waals surface area contributed by atoms with E-state index in [0.717, 1.165) is 17.9 Å². The van der Waals surface area contributed by atoms with Crippen molar-refractivity contribution in [1.82, 2.24) is 4.98 Å². The molecule has 1 N–H and O–H groups in total. The first-order valence-corrected chi connectivity index (χ1v) is 5.93. The van der Waals surface area contributed by atoms with Gasteiger partial charge >= 0.3 is 0 Å². The number of benzene rings is 1. The first-order valence-electron chi connectivity index (χ1n) is 5.55. The first-order chi connectivity index (χ1) is 7.26. The summed E-state index contributed by atoms with van der Waals surface area (Å²) < 4.78 is 0. The van der Waals surface area contributed by atoms with Crippen LogP contribution in [0.1, 0.15) is 31.5 Å². The summed E-state index contributed by atoms with van der Waals surface area (Å²) in [5, 5.41) is 2.10. The van der Waals surface area contributed by atoms with E-state index in [4.69, 9.17) is 11.6 Å². The second kappa shape index (κ2) is 4.28. The van der Waals surface area contributed by atoms with Crippen molar-refractivity contribution >= 4 is 22.5 Å². The number of H-pyrrole nitrogens is 1. The Balaban J connectivity index is 2.63. The van der Waals surface area contributed by atoms with Crippen LogP contribution in [-0.4, -0.2) is 4.98 Å². The third-order valence-corrected chi connectivity index (χ3v) is 3.05. The smallest absolute Gasteiger partial charge is 0.0460 e. The van der Waals surface area contributed by atoms with Crippen LogP contribution in [0.3, 0.4) is 0 Å². The van der Waals surface area contributed by atoms with Gasteiger partial charge in [-0.15, -0.1) is 0 Å². The van der Waals surface area contributed by atoms with Gasteiger partial charge in [-0.3, -0.25) is 0 Å². The van der Waals surface area contributed by atoms with Crippen LogP contribution in [0.25, 0.3) is 10.9 Å². The Bertz CT molecular complexity index is 471. The average molecular weight is 222 g/mol. The molecule has 0 spiro atoms. The Morgan fingerprint density at radius 1 is 1.27 bits per heavy atom.